The average molecular weight is 336 g/mol. The summed E-state index contributed by atoms with van der Waals surface area (Å²) in [4.78, 5) is 0. The average Bonchev–Trinajstić information content (AvgIpc) is 2.40. The van der Waals surface area contributed by atoms with Crippen molar-refractivity contribution in [1.82, 2.24) is 0 Å². The summed E-state index contributed by atoms with van der Waals surface area (Å²) >= 11 is 6.16. The molecule has 5 nitrogen and oxygen atoms in total. The number of ether oxygens (including phenoxy) is 2. The highest BCUT2D eigenvalue weighted by Crippen LogP contribution is 2.36. The van der Waals surface area contributed by atoms with Crippen molar-refractivity contribution >= 4 is 21.4 Å². The van der Waals surface area contributed by atoms with E-state index < -0.39 is 9.84 Å². The Bertz CT molecular complexity index is 560. The number of rotatable bonds is 9. The number of sulfone groups is 1. The van der Waals surface area contributed by atoms with Gasteiger partial charge < -0.3 is 15.2 Å². The minimum absolute atomic E-state index is 0.0368. The number of hydrogen-bond acceptors (Lipinski definition) is 5. The summed E-state index contributed by atoms with van der Waals surface area (Å²) in [5.74, 6) is 0.979. The van der Waals surface area contributed by atoms with E-state index in [-0.39, 0.29) is 18.1 Å². The first-order chi connectivity index (χ1) is 9.93. The maximum atomic E-state index is 11.6. The zero-order valence-electron chi connectivity index (χ0n) is 12.4. The molecule has 0 amide bonds. The van der Waals surface area contributed by atoms with Crippen molar-refractivity contribution < 1.29 is 17.9 Å². The van der Waals surface area contributed by atoms with E-state index in [4.69, 9.17) is 26.8 Å². The minimum Gasteiger partial charge on any atom is -0.493 e. The van der Waals surface area contributed by atoms with Crippen molar-refractivity contribution in [3.63, 3.8) is 0 Å². The highest BCUT2D eigenvalue weighted by molar-refractivity contribution is 7.91. The Morgan fingerprint density at radius 1 is 1.29 bits per heavy atom. The van der Waals surface area contributed by atoms with Crippen LogP contribution in [0, 0.1) is 0 Å². The van der Waals surface area contributed by atoms with Gasteiger partial charge in [0, 0.05) is 0 Å². The molecule has 0 spiro atoms. The lowest BCUT2D eigenvalue weighted by atomic mass is 10.1. The molecule has 0 aliphatic heterocycles. The maximum Gasteiger partial charge on any atom is 0.179 e. The lowest BCUT2D eigenvalue weighted by Gasteiger charge is -2.14. The first-order valence-corrected chi connectivity index (χ1v) is 9.03. The quantitative estimate of drug-likeness (QED) is 0.747. The van der Waals surface area contributed by atoms with Crippen LogP contribution in [0.2, 0.25) is 5.02 Å². The van der Waals surface area contributed by atoms with Crippen LogP contribution in [0.5, 0.6) is 11.5 Å². The van der Waals surface area contributed by atoms with Gasteiger partial charge in [0.2, 0.25) is 0 Å². The maximum absolute atomic E-state index is 11.6. The van der Waals surface area contributed by atoms with Crippen LogP contribution < -0.4 is 15.2 Å². The van der Waals surface area contributed by atoms with E-state index >= 15 is 0 Å². The van der Waals surface area contributed by atoms with Gasteiger partial charge >= 0.3 is 0 Å². The standard InChI is InChI=1S/C14H22ClNO4S/c1-3-7-21(17,18)8-6-20-14-12(15)9-11(4-5-16)10-13(14)19-2/h9-10H,3-8,16H2,1-2H3. The molecule has 0 aromatic heterocycles. The molecule has 0 heterocycles. The van der Waals surface area contributed by atoms with Crippen LogP contribution in [0.15, 0.2) is 12.1 Å². The molecule has 1 aromatic carbocycles. The molecule has 1 aromatic rings. The molecule has 0 unspecified atom stereocenters. The lowest BCUT2D eigenvalue weighted by Crippen LogP contribution is -2.17. The summed E-state index contributed by atoms with van der Waals surface area (Å²) in [6.07, 6.45) is 1.28. The van der Waals surface area contributed by atoms with Gasteiger partial charge in [0.15, 0.2) is 21.3 Å². The molecule has 0 bridgehead atoms. The Labute approximate surface area is 131 Å². The predicted octanol–water partition coefficient (Wildman–Crippen LogP) is 2.05. The third kappa shape index (κ3) is 5.73. The second kappa shape index (κ2) is 8.46. The van der Waals surface area contributed by atoms with Gasteiger partial charge in [-0.3, -0.25) is 0 Å². The molecular weight excluding hydrogens is 314 g/mol. The monoisotopic (exact) mass is 335 g/mol. The summed E-state index contributed by atoms with van der Waals surface area (Å²) in [7, 11) is -1.56. The predicted molar refractivity (Wildman–Crippen MR) is 85.2 cm³/mol. The molecular formula is C14H22ClNO4S. The van der Waals surface area contributed by atoms with Gasteiger partial charge in [0.1, 0.15) is 6.61 Å². The molecule has 21 heavy (non-hydrogen) atoms. The number of halogens is 1. The van der Waals surface area contributed by atoms with E-state index in [2.05, 4.69) is 0 Å². The Hall–Kier alpha value is -0.980. The van der Waals surface area contributed by atoms with E-state index in [1.807, 2.05) is 6.92 Å². The van der Waals surface area contributed by atoms with Crippen LogP contribution >= 0.6 is 11.6 Å². The second-order valence-corrected chi connectivity index (χ2v) is 7.36. The van der Waals surface area contributed by atoms with Crippen LogP contribution in [-0.2, 0) is 16.3 Å². The highest BCUT2D eigenvalue weighted by atomic mass is 35.5. The van der Waals surface area contributed by atoms with E-state index in [1.165, 1.54) is 7.11 Å². The molecule has 0 fully saturated rings. The third-order valence-corrected chi connectivity index (χ3v) is 4.98. The zero-order valence-corrected chi connectivity index (χ0v) is 14.0. The van der Waals surface area contributed by atoms with Crippen molar-refractivity contribution in [3.05, 3.63) is 22.7 Å². The minimum atomic E-state index is -3.08. The fourth-order valence-electron chi connectivity index (χ4n) is 1.91. The second-order valence-electron chi connectivity index (χ2n) is 4.65. The Morgan fingerprint density at radius 2 is 2.00 bits per heavy atom. The first-order valence-electron chi connectivity index (χ1n) is 6.83. The van der Waals surface area contributed by atoms with Crippen LogP contribution in [0.1, 0.15) is 18.9 Å². The highest BCUT2D eigenvalue weighted by Gasteiger charge is 2.14. The van der Waals surface area contributed by atoms with Gasteiger partial charge in [0.05, 0.1) is 23.6 Å². The number of nitrogens with two attached hydrogens (primary N) is 1. The Kier molecular flexibility index (Phi) is 7.28. The van der Waals surface area contributed by atoms with Crippen LogP contribution in [-0.4, -0.2) is 40.2 Å². The van der Waals surface area contributed by atoms with Gasteiger partial charge in [-0.05, 0) is 37.1 Å². The molecule has 0 radical (unpaired) electrons. The normalized spacial score (nSPS) is 11.4. The fraction of sp³-hybridized carbons (Fsp3) is 0.571. The molecule has 2 N–H and O–H groups in total. The molecule has 0 aliphatic rings. The van der Waals surface area contributed by atoms with Gasteiger partial charge in [0.25, 0.3) is 0 Å². The SMILES string of the molecule is CCCS(=O)(=O)CCOc1c(Cl)cc(CCN)cc1OC. The largest absolute Gasteiger partial charge is 0.493 e. The van der Waals surface area contributed by atoms with E-state index in [0.717, 1.165) is 5.56 Å². The number of benzene rings is 1. The van der Waals surface area contributed by atoms with Crippen molar-refractivity contribution in [2.24, 2.45) is 5.73 Å². The van der Waals surface area contributed by atoms with E-state index in [9.17, 15) is 8.42 Å². The van der Waals surface area contributed by atoms with Gasteiger partial charge in [-0.25, -0.2) is 8.42 Å². The van der Waals surface area contributed by atoms with Crippen LogP contribution in [0.4, 0.5) is 0 Å². The van der Waals surface area contributed by atoms with Gasteiger partial charge in [-0.2, -0.15) is 0 Å². The molecule has 0 saturated carbocycles. The van der Waals surface area contributed by atoms with Crippen LogP contribution in [0.3, 0.4) is 0 Å². The van der Waals surface area contributed by atoms with Crippen LogP contribution in [0.25, 0.3) is 0 Å². The summed E-state index contributed by atoms with van der Waals surface area (Å²) < 4.78 is 34.0. The van der Waals surface area contributed by atoms with E-state index in [1.54, 1.807) is 12.1 Å². The van der Waals surface area contributed by atoms with Crippen molar-refractivity contribution in [2.75, 3.05) is 31.8 Å². The summed E-state index contributed by atoms with van der Waals surface area (Å²) in [6.45, 7) is 2.39. The smallest absolute Gasteiger partial charge is 0.179 e. The number of hydrogen-bond donors (Lipinski definition) is 1. The zero-order chi connectivity index (χ0) is 15.9. The third-order valence-electron chi connectivity index (χ3n) is 2.88. The molecule has 0 saturated heterocycles. The van der Waals surface area contributed by atoms with Gasteiger partial charge in [-0.1, -0.05) is 18.5 Å². The molecule has 120 valence electrons. The van der Waals surface area contributed by atoms with Crippen molar-refractivity contribution in [1.29, 1.82) is 0 Å². The summed E-state index contributed by atoms with van der Waals surface area (Å²) in [5, 5.41) is 0.394. The van der Waals surface area contributed by atoms with E-state index in [0.29, 0.717) is 35.9 Å². The molecule has 1 rings (SSSR count). The summed E-state index contributed by atoms with van der Waals surface area (Å²) in [6, 6.07) is 3.56. The van der Waals surface area contributed by atoms with Crippen molar-refractivity contribution in [2.45, 2.75) is 19.8 Å². The Morgan fingerprint density at radius 3 is 2.57 bits per heavy atom. The lowest BCUT2D eigenvalue weighted by molar-refractivity contribution is 0.311. The molecule has 7 heteroatoms. The fourth-order valence-corrected chi connectivity index (χ4v) is 3.36. The van der Waals surface area contributed by atoms with Crippen molar-refractivity contribution in [3.8, 4) is 11.5 Å². The van der Waals surface area contributed by atoms with Gasteiger partial charge in [-0.15, -0.1) is 0 Å². The molecule has 0 atom stereocenters. The summed E-state index contributed by atoms with van der Waals surface area (Å²) in [5.41, 5.74) is 6.46. The number of methoxy groups -OCH3 is 1. The Balaban J connectivity index is 2.79. The first kappa shape index (κ1) is 18.1. The topological polar surface area (TPSA) is 78.6 Å². The molecule has 0 aliphatic carbocycles.